The largest absolute Gasteiger partial charge is 0.459 e. The van der Waals surface area contributed by atoms with E-state index in [9.17, 15) is 9.59 Å². The van der Waals surface area contributed by atoms with E-state index < -0.39 is 0 Å². The molecule has 0 radical (unpaired) electrons. The van der Waals surface area contributed by atoms with Crippen molar-refractivity contribution in [3.05, 3.63) is 54.0 Å². The molecule has 1 aromatic heterocycles. The summed E-state index contributed by atoms with van der Waals surface area (Å²) < 4.78 is 10.4. The molecule has 2 amide bonds. The number of nitrogens with zero attached hydrogens (tertiary/aromatic N) is 1. The van der Waals surface area contributed by atoms with Gasteiger partial charge in [-0.2, -0.15) is 0 Å². The zero-order valence-corrected chi connectivity index (χ0v) is 14.7. The number of carbonyl (C=O) groups excluding carboxylic acids is 2. The van der Waals surface area contributed by atoms with Gasteiger partial charge >= 0.3 is 0 Å². The number of amides is 2. The summed E-state index contributed by atoms with van der Waals surface area (Å²) in [4.78, 5) is 26.7. The number of hydrogen-bond donors (Lipinski definition) is 2. The van der Waals surface area contributed by atoms with E-state index in [0.29, 0.717) is 17.8 Å². The van der Waals surface area contributed by atoms with E-state index in [-0.39, 0.29) is 23.6 Å². The summed E-state index contributed by atoms with van der Waals surface area (Å²) in [5.74, 6) is -0.299. The number of furan rings is 1. The molecule has 1 fully saturated rings. The first kappa shape index (κ1) is 18.2. The Bertz CT molecular complexity index is 739. The van der Waals surface area contributed by atoms with E-state index in [2.05, 4.69) is 22.5 Å². The second-order valence-corrected chi connectivity index (χ2v) is 6.22. The van der Waals surface area contributed by atoms with Crippen molar-refractivity contribution in [1.82, 2.24) is 10.2 Å². The summed E-state index contributed by atoms with van der Waals surface area (Å²) in [5.41, 5.74) is 1.04. The first-order valence-corrected chi connectivity index (χ1v) is 8.68. The highest BCUT2D eigenvalue weighted by Crippen LogP contribution is 2.13. The lowest BCUT2D eigenvalue weighted by Crippen LogP contribution is -2.47. The van der Waals surface area contributed by atoms with Crippen molar-refractivity contribution in [3.63, 3.8) is 0 Å². The van der Waals surface area contributed by atoms with Gasteiger partial charge in [-0.3, -0.25) is 14.5 Å². The molecule has 2 heterocycles. The Labute approximate surface area is 152 Å². The maximum absolute atomic E-state index is 12.4. The van der Waals surface area contributed by atoms with Crippen molar-refractivity contribution >= 4 is 17.5 Å². The lowest BCUT2D eigenvalue weighted by Gasteiger charge is -2.32. The van der Waals surface area contributed by atoms with Crippen LogP contribution < -0.4 is 10.6 Å². The van der Waals surface area contributed by atoms with Gasteiger partial charge in [0.2, 0.25) is 0 Å². The Hall–Kier alpha value is -2.64. The maximum atomic E-state index is 12.4. The van der Waals surface area contributed by atoms with E-state index in [1.165, 1.54) is 6.26 Å². The molecule has 1 unspecified atom stereocenters. The molecule has 2 aromatic rings. The smallest absolute Gasteiger partial charge is 0.291 e. The van der Waals surface area contributed by atoms with Crippen molar-refractivity contribution in [2.24, 2.45) is 0 Å². The molecule has 1 aliphatic rings. The van der Waals surface area contributed by atoms with Crippen LogP contribution in [0, 0.1) is 0 Å². The molecule has 1 aromatic carbocycles. The molecule has 0 spiro atoms. The Kier molecular flexibility index (Phi) is 6.04. The van der Waals surface area contributed by atoms with Gasteiger partial charge < -0.3 is 19.8 Å². The van der Waals surface area contributed by atoms with Crippen LogP contribution >= 0.6 is 0 Å². The molecule has 3 rings (SSSR count). The van der Waals surface area contributed by atoms with Crippen molar-refractivity contribution in [1.29, 1.82) is 0 Å². The predicted octanol–water partition coefficient (Wildman–Crippen LogP) is 1.98. The van der Waals surface area contributed by atoms with Crippen molar-refractivity contribution in [2.45, 2.75) is 13.0 Å². The van der Waals surface area contributed by atoms with Gasteiger partial charge in [-0.05, 0) is 37.3 Å². The third-order valence-corrected chi connectivity index (χ3v) is 4.35. The van der Waals surface area contributed by atoms with Gasteiger partial charge in [0.1, 0.15) is 0 Å². The summed E-state index contributed by atoms with van der Waals surface area (Å²) in [7, 11) is 0. The Morgan fingerprint density at radius 3 is 2.69 bits per heavy atom. The number of rotatable bonds is 6. The average Bonchev–Trinajstić information content (AvgIpc) is 3.22. The first-order valence-electron chi connectivity index (χ1n) is 8.68. The first-order chi connectivity index (χ1) is 12.6. The standard InChI is InChI=1S/C19H23N3O4/c1-14(22-7-10-25-11-8-22)13-20-18(23)15-4-2-5-16(12-15)21-19(24)17-6-3-9-26-17/h2-6,9,12,14H,7-8,10-11,13H2,1H3,(H,20,23)(H,21,24). The quantitative estimate of drug-likeness (QED) is 0.826. The lowest BCUT2D eigenvalue weighted by atomic mass is 10.1. The molecule has 1 atom stereocenters. The normalized spacial score (nSPS) is 16.0. The number of nitrogens with one attached hydrogen (secondary N) is 2. The van der Waals surface area contributed by atoms with Gasteiger partial charge in [-0.15, -0.1) is 0 Å². The van der Waals surface area contributed by atoms with Crippen LogP contribution in [0.25, 0.3) is 0 Å². The number of hydrogen-bond acceptors (Lipinski definition) is 5. The highest BCUT2D eigenvalue weighted by molar-refractivity contribution is 6.03. The van der Waals surface area contributed by atoms with Crippen LogP contribution in [0.15, 0.2) is 47.1 Å². The van der Waals surface area contributed by atoms with Gasteiger partial charge in [-0.25, -0.2) is 0 Å². The molecule has 7 heteroatoms. The SMILES string of the molecule is CC(CNC(=O)c1cccc(NC(=O)c2ccco2)c1)N1CCOCC1. The molecule has 1 saturated heterocycles. The molecule has 0 bridgehead atoms. The van der Waals surface area contributed by atoms with Crippen molar-refractivity contribution < 1.29 is 18.7 Å². The minimum atomic E-state index is -0.353. The number of benzene rings is 1. The lowest BCUT2D eigenvalue weighted by molar-refractivity contribution is 0.0204. The molecule has 0 saturated carbocycles. The molecule has 0 aliphatic carbocycles. The third kappa shape index (κ3) is 4.71. The number of ether oxygens (including phenoxy) is 1. The minimum absolute atomic E-state index is 0.167. The monoisotopic (exact) mass is 357 g/mol. The fourth-order valence-corrected chi connectivity index (χ4v) is 2.83. The van der Waals surface area contributed by atoms with Crippen LogP contribution in [0.3, 0.4) is 0 Å². The summed E-state index contributed by atoms with van der Waals surface area (Å²) >= 11 is 0. The maximum Gasteiger partial charge on any atom is 0.291 e. The Morgan fingerprint density at radius 2 is 1.96 bits per heavy atom. The van der Waals surface area contributed by atoms with Crippen LogP contribution in [0.2, 0.25) is 0 Å². The topological polar surface area (TPSA) is 83.8 Å². The van der Waals surface area contributed by atoms with E-state index >= 15 is 0 Å². The van der Waals surface area contributed by atoms with Gasteiger partial charge in [-0.1, -0.05) is 6.07 Å². The second kappa shape index (κ2) is 8.64. The van der Waals surface area contributed by atoms with Crippen LogP contribution in [-0.2, 0) is 4.74 Å². The summed E-state index contributed by atoms with van der Waals surface area (Å²) in [6.45, 7) is 5.87. The highest BCUT2D eigenvalue weighted by atomic mass is 16.5. The summed E-state index contributed by atoms with van der Waals surface area (Å²) in [6, 6.07) is 10.3. The number of anilines is 1. The minimum Gasteiger partial charge on any atom is -0.459 e. The highest BCUT2D eigenvalue weighted by Gasteiger charge is 2.18. The van der Waals surface area contributed by atoms with Gasteiger partial charge in [0.15, 0.2) is 5.76 Å². The fourth-order valence-electron chi connectivity index (χ4n) is 2.83. The molecule has 1 aliphatic heterocycles. The van der Waals surface area contributed by atoms with E-state index in [4.69, 9.17) is 9.15 Å². The molecular weight excluding hydrogens is 334 g/mol. The van der Waals surface area contributed by atoms with Crippen LogP contribution in [0.4, 0.5) is 5.69 Å². The summed E-state index contributed by atoms with van der Waals surface area (Å²) in [5, 5.41) is 5.67. The van der Waals surface area contributed by atoms with E-state index in [1.807, 2.05) is 0 Å². The van der Waals surface area contributed by atoms with Gasteiger partial charge in [0.25, 0.3) is 11.8 Å². The van der Waals surface area contributed by atoms with Crippen molar-refractivity contribution in [3.8, 4) is 0 Å². The van der Waals surface area contributed by atoms with Crippen LogP contribution in [0.1, 0.15) is 27.8 Å². The summed E-state index contributed by atoms with van der Waals surface area (Å²) in [6.07, 6.45) is 1.44. The zero-order chi connectivity index (χ0) is 18.4. The molecule has 7 nitrogen and oxygen atoms in total. The Morgan fingerprint density at radius 1 is 1.15 bits per heavy atom. The van der Waals surface area contributed by atoms with Crippen LogP contribution in [-0.4, -0.2) is 55.6 Å². The van der Waals surface area contributed by atoms with Crippen molar-refractivity contribution in [2.75, 3.05) is 38.2 Å². The van der Waals surface area contributed by atoms with E-state index in [0.717, 1.165) is 26.3 Å². The molecule has 138 valence electrons. The van der Waals surface area contributed by atoms with E-state index in [1.54, 1.807) is 36.4 Å². The zero-order valence-electron chi connectivity index (χ0n) is 14.7. The Balaban J connectivity index is 1.55. The number of carbonyl (C=O) groups is 2. The van der Waals surface area contributed by atoms with Crippen LogP contribution in [0.5, 0.6) is 0 Å². The molecule has 2 N–H and O–H groups in total. The average molecular weight is 357 g/mol. The predicted molar refractivity (Wildman–Crippen MR) is 97.3 cm³/mol. The second-order valence-electron chi connectivity index (χ2n) is 6.22. The van der Waals surface area contributed by atoms with Gasteiger partial charge in [0, 0.05) is 36.9 Å². The molecule has 26 heavy (non-hydrogen) atoms. The number of morpholine rings is 1. The fraction of sp³-hybridized carbons (Fsp3) is 0.368. The third-order valence-electron chi connectivity index (χ3n) is 4.35. The molecular formula is C19H23N3O4. The van der Waals surface area contributed by atoms with Gasteiger partial charge in [0.05, 0.1) is 19.5 Å².